The molecule has 0 saturated heterocycles. The summed E-state index contributed by atoms with van der Waals surface area (Å²) in [6, 6.07) is 13.8. The maximum Gasteiger partial charge on any atom is 0.254 e. The van der Waals surface area contributed by atoms with Crippen molar-refractivity contribution in [1.29, 1.82) is 0 Å². The molecule has 1 aliphatic rings. The van der Waals surface area contributed by atoms with Crippen LogP contribution in [0.5, 0.6) is 11.5 Å². The molecule has 0 atom stereocenters. The second kappa shape index (κ2) is 8.69. The number of pyridine rings is 1. The Morgan fingerprint density at radius 2 is 1.79 bits per heavy atom. The Labute approximate surface area is 192 Å². The van der Waals surface area contributed by atoms with Gasteiger partial charge in [-0.3, -0.25) is 4.79 Å². The first-order valence-electron chi connectivity index (χ1n) is 11.2. The van der Waals surface area contributed by atoms with Gasteiger partial charge in [0.05, 0.1) is 26.3 Å². The molecule has 0 radical (unpaired) electrons. The summed E-state index contributed by atoms with van der Waals surface area (Å²) in [5, 5.41) is 13.5. The average molecular weight is 446 g/mol. The highest BCUT2D eigenvalue weighted by Crippen LogP contribution is 2.30. The average Bonchev–Trinajstić information content (AvgIpc) is 3.54. The van der Waals surface area contributed by atoms with E-state index in [9.17, 15) is 4.79 Å². The van der Waals surface area contributed by atoms with Gasteiger partial charge in [-0.25, -0.2) is 0 Å². The number of ether oxygens (including phenoxy) is 2. The molecular weight excluding hydrogens is 418 g/mol. The summed E-state index contributed by atoms with van der Waals surface area (Å²) in [7, 11) is 3.17. The van der Waals surface area contributed by atoms with E-state index in [4.69, 9.17) is 9.47 Å². The number of carbonyl (C=O) groups is 1. The second-order valence-electron chi connectivity index (χ2n) is 8.62. The van der Waals surface area contributed by atoms with E-state index < -0.39 is 0 Å². The van der Waals surface area contributed by atoms with E-state index in [1.54, 1.807) is 36.9 Å². The van der Waals surface area contributed by atoms with Crippen molar-refractivity contribution >= 4 is 22.5 Å². The number of nitrogens with zero attached hydrogens (tertiary/aromatic N) is 5. The number of methoxy groups -OCH3 is 2. The van der Waals surface area contributed by atoms with Crippen molar-refractivity contribution in [3.63, 3.8) is 0 Å². The van der Waals surface area contributed by atoms with Gasteiger partial charge in [-0.2, -0.15) is 4.52 Å². The van der Waals surface area contributed by atoms with Crippen LogP contribution >= 0.6 is 0 Å². The maximum atomic E-state index is 13.8. The third-order valence-corrected chi connectivity index (χ3v) is 6.47. The second-order valence-corrected chi connectivity index (χ2v) is 8.62. The van der Waals surface area contributed by atoms with Gasteiger partial charge in [0, 0.05) is 28.6 Å². The molecule has 4 aromatic rings. The van der Waals surface area contributed by atoms with Crippen LogP contribution in [0, 0.1) is 6.92 Å². The Morgan fingerprint density at radius 3 is 2.48 bits per heavy atom. The lowest BCUT2D eigenvalue weighted by atomic mass is 10.1. The highest BCUT2D eigenvalue weighted by molar-refractivity contribution is 5.95. The van der Waals surface area contributed by atoms with Crippen molar-refractivity contribution in [1.82, 2.24) is 24.9 Å². The monoisotopic (exact) mass is 445 g/mol. The number of fused-ring (bicyclic) bond motifs is 3. The highest BCUT2D eigenvalue weighted by Gasteiger charge is 2.29. The Morgan fingerprint density at radius 1 is 1.06 bits per heavy atom. The van der Waals surface area contributed by atoms with E-state index in [0.29, 0.717) is 29.3 Å². The summed E-state index contributed by atoms with van der Waals surface area (Å²) in [6.07, 6.45) is 4.21. The van der Waals surface area contributed by atoms with Crippen LogP contribution in [-0.2, 0) is 6.54 Å². The summed E-state index contributed by atoms with van der Waals surface area (Å²) in [4.78, 5) is 15.8. The van der Waals surface area contributed by atoms with Crippen LogP contribution in [0.3, 0.4) is 0 Å². The van der Waals surface area contributed by atoms with Gasteiger partial charge in [0.25, 0.3) is 5.91 Å². The van der Waals surface area contributed by atoms with Crippen molar-refractivity contribution in [2.24, 2.45) is 0 Å². The van der Waals surface area contributed by atoms with Crippen LogP contribution in [-0.4, -0.2) is 51.1 Å². The van der Waals surface area contributed by atoms with Gasteiger partial charge in [0.1, 0.15) is 11.5 Å². The molecule has 0 bridgehead atoms. The van der Waals surface area contributed by atoms with Gasteiger partial charge >= 0.3 is 0 Å². The Kier molecular flexibility index (Phi) is 5.58. The molecule has 33 heavy (non-hydrogen) atoms. The number of benzene rings is 2. The van der Waals surface area contributed by atoms with Crippen molar-refractivity contribution in [3.05, 3.63) is 59.2 Å². The maximum absolute atomic E-state index is 13.8. The zero-order valence-corrected chi connectivity index (χ0v) is 19.1. The van der Waals surface area contributed by atoms with Crippen LogP contribution in [0.15, 0.2) is 42.5 Å². The van der Waals surface area contributed by atoms with Crippen LogP contribution in [0.1, 0.15) is 47.2 Å². The molecule has 0 N–H and O–H groups in total. The Balaban J connectivity index is 1.58. The molecule has 2 aromatic carbocycles. The van der Waals surface area contributed by atoms with Crippen molar-refractivity contribution < 1.29 is 14.3 Å². The summed E-state index contributed by atoms with van der Waals surface area (Å²) in [5.41, 5.74) is 4.24. The van der Waals surface area contributed by atoms with Gasteiger partial charge in [0.2, 0.25) is 0 Å². The standard InChI is InChI=1S/C25H27N5O3/c1-16-8-9-17-11-19(24-26-27-28-30(24)23(17)10-16)15-29(20-6-4-5-7-20)25(31)18-12-21(32-2)14-22(13-18)33-3/h8-14,20H,4-7,15H2,1-3H3. The predicted molar refractivity (Wildman–Crippen MR) is 125 cm³/mol. The number of carbonyl (C=O) groups excluding carboxylic acids is 1. The SMILES string of the molecule is COc1cc(OC)cc(C(=O)N(Cc2cc3ccc(C)cc3n3nnnc23)C2CCCC2)c1. The van der Waals surface area contributed by atoms with Gasteiger partial charge in [-0.1, -0.05) is 25.0 Å². The first-order chi connectivity index (χ1) is 16.1. The van der Waals surface area contributed by atoms with Gasteiger partial charge < -0.3 is 14.4 Å². The minimum atomic E-state index is -0.0475. The van der Waals surface area contributed by atoms with Crippen molar-refractivity contribution in [2.45, 2.75) is 45.2 Å². The normalized spacial score (nSPS) is 14.2. The minimum absolute atomic E-state index is 0.0475. The van der Waals surface area contributed by atoms with E-state index in [0.717, 1.165) is 47.7 Å². The number of aromatic nitrogens is 4. The van der Waals surface area contributed by atoms with E-state index in [1.165, 1.54) is 0 Å². The van der Waals surface area contributed by atoms with E-state index in [2.05, 4.69) is 39.8 Å². The molecular formula is C25H27N5O3. The molecule has 0 spiro atoms. The zero-order valence-electron chi connectivity index (χ0n) is 19.1. The van der Waals surface area contributed by atoms with Crippen molar-refractivity contribution in [2.75, 3.05) is 14.2 Å². The quantitative estimate of drug-likeness (QED) is 0.443. The van der Waals surface area contributed by atoms with Crippen LogP contribution < -0.4 is 9.47 Å². The molecule has 170 valence electrons. The highest BCUT2D eigenvalue weighted by atomic mass is 16.5. The Bertz CT molecular complexity index is 1300. The molecule has 1 aliphatic carbocycles. The molecule has 0 aliphatic heterocycles. The first-order valence-corrected chi connectivity index (χ1v) is 11.2. The van der Waals surface area contributed by atoms with Gasteiger partial charge in [0.15, 0.2) is 5.65 Å². The number of hydrogen-bond acceptors (Lipinski definition) is 6. The largest absolute Gasteiger partial charge is 0.497 e. The van der Waals surface area contributed by atoms with E-state index >= 15 is 0 Å². The summed E-state index contributed by atoms with van der Waals surface area (Å²) in [5.74, 6) is 1.14. The number of rotatable bonds is 6. The Hall–Kier alpha value is -3.68. The summed E-state index contributed by atoms with van der Waals surface area (Å²) >= 11 is 0. The topological polar surface area (TPSA) is 81.9 Å². The minimum Gasteiger partial charge on any atom is -0.497 e. The zero-order chi connectivity index (χ0) is 22.9. The van der Waals surface area contributed by atoms with Gasteiger partial charge in [-0.05, 0) is 60.0 Å². The molecule has 8 heteroatoms. The molecule has 5 rings (SSSR count). The molecule has 1 amide bonds. The fourth-order valence-electron chi connectivity index (χ4n) is 4.74. The number of amides is 1. The fraction of sp³-hybridized carbons (Fsp3) is 0.360. The fourth-order valence-corrected chi connectivity index (χ4v) is 4.74. The molecule has 8 nitrogen and oxygen atoms in total. The van der Waals surface area contributed by atoms with E-state index in [1.807, 2.05) is 11.8 Å². The third-order valence-electron chi connectivity index (χ3n) is 6.47. The number of tetrazole rings is 1. The number of aryl methyl sites for hydroxylation is 1. The van der Waals surface area contributed by atoms with Crippen molar-refractivity contribution in [3.8, 4) is 11.5 Å². The first kappa shape index (κ1) is 21.2. The predicted octanol–water partition coefficient (Wildman–Crippen LogP) is 4.19. The van der Waals surface area contributed by atoms with Crippen LogP contribution in [0.4, 0.5) is 0 Å². The lowest BCUT2D eigenvalue weighted by molar-refractivity contribution is 0.0664. The van der Waals surface area contributed by atoms with Crippen LogP contribution in [0.25, 0.3) is 16.6 Å². The van der Waals surface area contributed by atoms with Crippen LogP contribution in [0.2, 0.25) is 0 Å². The molecule has 2 aromatic heterocycles. The molecule has 2 heterocycles. The lowest BCUT2D eigenvalue weighted by Gasteiger charge is -2.29. The summed E-state index contributed by atoms with van der Waals surface area (Å²) in [6.45, 7) is 2.48. The van der Waals surface area contributed by atoms with Gasteiger partial charge in [-0.15, -0.1) is 5.10 Å². The van der Waals surface area contributed by atoms with E-state index in [-0.39, 0.29) is 11.9 Å². The molecule has 1 fully saturated rings. The summed E-state index contributed by atoms with van der Waals surface area (Å²) < 4.78 is 12.6. The molecule has 1 saturated carbocycles. The lowest BCUT2D eigenvalue weighted by Crippen LogP contribution is -2.38. The number of hydrogen-bond donors (Lipinski definition) is 0. The third kappa shape index (κ3) is 3.97. The molecule has 0 unspecified atom stereocenters. The smallest absolute Gasteiger partial charge is 0.254 e.